The second-order valence-electron chi connectivity index (χ2n) is 7.37. The number of aliphatic hydroxyl groups is 1. The Morgan fingerprint density at radius 2 is 1.89 bits per heavy atom. The number of pyridine rings is 1. The summed E-state index contributed by atoms with van der Waals surface area (Å²) in [6.07, 6.45) is 8.40. The van der Waals surface area contributed by atoms with E-state index in [2.05, 4.69) is 16.0 Å². The molecule has 10 heteroatoms. The molecule has 198 valence electrons. The molecule has 8 nitrogen and oxygen atoms in total. The number of amides is 1. The van der Waals surface area contributed by atoms with Gasteiger partial charge in [0, 0.05) is 30.0 Å². The van der Waals surface area contributed by atoms with Gasteiger partial charge in [-0.3, -0.25) is 9.59 Å². The highest BCUT2D eigenvalue weighted by Crippen LogP contribution is 2.20. The lowest BCUT2D eigenvalue weighted by molar-refractivity contribution is -0.108. The number of Topliss-reactive ketones (excluding diaryl/α,β-unsaturated/α-hetero) is 1. The number of rotatable bonds is 9. The summed E-state index contributed by atoms with van der Waals surface area (Å²) >= 11 is 5.69. The summed E-state index contributed by atoms with van der Waals surface area (Å²) < 4.78 is 15.1. The molecule has 0 saturated heterocycles. The summed E-state index contributed by atoms with van der Waals surface area (Å²) in [5.74, 6) is -0.273. The standard InChI is InChI=1S/C12H17ClFN.C11H10N2O2.C2H6O.CH3NO/c1-15-9-4-2-3-6-10-7-5-8-11(13)12(10)14;1-8(15)10-7-13(5-6-14)11-9(10)3-2-4-12-11;1-2-3;2-1-3/h5,7-8,15H,2-4,6,9H2,1H3;2-4,6-7H,5H2,1H3;3H,2H2,1H3;1H,(H2,2,3). The van der Waals surface area contributed by atoms with Gasteiger partial charge in [-0.1, -0.05) is 30.2 Å². The predicted molar refractivity (Wildman–Crippen MR) is 142 cm³/mol. The molecule has 0 bridgehead atoms. The number of halogens is 2. The average Bonchev–Trinajstić information content (AvgIpc) is 3.22. The Balaban J connectivity index is 0.000000559. The van der Waals surface area contributed by atoms with Gasteiger partial charge in [0.25, 0.3) is 0 Å². The van der Waals surface area contributed by atoms with Gasteiger partial charge in [0.2, 0.25) is 6.41 Å². The third-order valence-corrected chi connectivity index (χ3v) is 4.98. The summed E-state index contributed by atoms with van der Waals surface area (Å²) in [6, 6.07) is 8.80. The van der Waals surface area contributed by atoms with Crippen LogP contribution in [-0.2, 0) is 22.6 Å². The quantitative estimate of drug-likeness (QED) is 0.222. The number of benzene rings is 1. The number of primary amides is 1. The van der Waals surface area contributed by atoms with E-state index >= 15 is 0 Å². The predicted octanol–water partition coefficient (Wildman–Crippen LogP) is 3.95. The molecule has 0 spiro atoms. The lowest BCUT2D eigenvalue weighted by atomic mass is 10.1. The second kappa shape index (κ2) is 20.1. The molecule has 2 aromatic heterocycles. The van der Waals surface area contributed by atoms with Crippen LogP contribution in [0.4, 0.5) is 4.39 Å². The molecule has 0 aliphatic heterocycles. The molecule has 3 rings (SSSR count). The van der Waals surface area contributed by atoms with Crippen LogP contribution in [0.5, 0.6) is 0 Å². The monoisotopic (exact) mass is 522 g/mol. The molecule has 0 saturated carbocycles. The molecule has 36 heavy (non-hydrogen) atoms. The van der Waals surface area contributed by atoms with E-state index in [4.69, 9.17) is 21.5 Å². The molecule has 4 N–H and O–H groups in total. The number of unbranched alkanes of at least 4 members (excludes halogenated alkanes) is 2. The van der Waals surface area contributed by atoms with Crippen LogP contribution in [0.25, 0.3) is 11.0 Å². The zero-order chi connectivity index (χ0) is 27.3. The maximum Gasteiger partial charge on any atom is 0.204 e. The Labute approximate surface area is 216 Å². The van der Waals surface area contributed by atoms with Crippen molar-refractivity contribution in [2.45, 2.75) is 46.1 Å². The van der Waals surface area contributed by atoms with Gasteiger partial charge in [-0.2, -0.15) is 0 Å². The summed E-state index contributed by atoms with van der Waals surface area (Å²) in [5, 5.41) is 11.7. The summed E-state index contributed by atoms with van der Waals surface area (Å²) in [5.41, 5.74) is 6.18. The first-order valence-electron chi connectivity index (χ1n) is 11.5. The fraction of sp³-hybridized carbons (Fsp3) is 0.385. The number of hydrogen-bond acceptors (Lipinski definition) is 6. The molecule has 0 aliphatic rings. The van der Waals surface area contributed by atoms with E-state index in [0.717, 1.165) is 49.5 Å². The molecule has 1 aromatic carbocycles. The van der Waals surface area contributed by atoms with E-state index in [9.17, 15) is 14.0 Å². The van der Waals surface area contributed by atoms with Crippen molar-refractivity contribution < 1.29 is 23.9 Å². The SMILES string of the molecule is CC(=O)c1cn(CC=O)c2ncccc12.CCO.CNCCCCCc1cccc(Cl)c1F.NC=O. The fourth-order valence-corrected chi connectivity index (χ4v) is 3.35. The molecule has 3 aromatic rings. The van der Waals surface area contributed by atoms with E-state index in [1.165, 1.54) is 6.92 Å². The molecule has 0 atom stereocenters. The largest absolute Gasteiger partial charge is 0.397 e. The van der Waals surface area contributed by atoms with E-state index in [-0.39, 0.29) is 36.2 Å². The van der Waals surface area contributed by atoms with Gasteiger partial charge < -0.3 is 25.5 Å². The van der Waals surface area contributed by atoms with Crippen molar-refractivity contribution in [2.24, 2.45) is 5.73 Å². The van der Waals surface area contributed by atoms with Gasteiger partial charge in [0.1, 0.15) is 17.8 Å². The number of nitrogens with one attached hydrogen (secondary N) is 1. The number of hydrogen-bond donors (Lipinski definition) is 3. The normalized spacial score (nSPS) is 9.61. The topological polar surface area (TPSA) is 127 Å². The average molecular weight is 523 g/mol. The van der Waals surface area contributed by atoms with Gasteiger partial charge in [-0.15, -0.1) is 0 Å². The van der Waals surface area contributed by atoms with E-state index in [1.807, 2.05) is 13.1 Å². The zero-order valence-corrected chi connectivity index (χ0v) is 21.8. The Hall–Kier alpha value is -3.14. The first-order chi connectivity index (χ1) is 17.3. The molecule has 0 aliphatic carbocycles. The first-order valence-corrected chi connectivity index (χ1v) is 11.9. The van der Waals surface area contributed by atoms with Crippen LogP contribution in [0.3, 0.4) is 0 Å². The molecule has 2 heterocycles. The van der Waals surface area contributed by atoms with Crippen molar-refractivity contribution in [3.63, 3.8) is 0 Å². The third kappa shape index (κ3) is 12.0. The number of fused-ring (bicyclic) bond motifs is 1. The lowest BCUT2D eigenvalue weighted by Crippen LogP contribution is -2.07. The Morgan fingerprint density at radius 3 is 2.47 bits per heavy atom. The van der Waals surface area contributed by atoms with Gasteiger partial charge in [-0.05, 0) is 70.5 Å². The highest BCUT2D eigenvalue weighted by atomic mass is 35.5. The molecular weight excluding hydrogens is 487 g/mol. The number of aldehydes is 1. The fourth-order valence-electron chi connectivity index (χ4n) is 3.16. The minimum absolute atomic E-state index is 0.0161. The van der Waals surface area contributed by atoms with Crippen molar-refractivity contribution in [3.8, 4) is 0 Å². The number of aliphatic hydroxyl groups excluding tert-OH is 1. The molecule has 0 unspecified atom stereocenters. The van der Waals surface area contributed by atoms with Crippen molar-refractivity contribution in [1.29, 1.82) is 0 Å². The number of nitrogens with two attached hydrogens (primary N) is 1. The number of aryl methyl sites for hydroxylation is 1. The van der Waals surface area contributed by atoms with Crippen molar-refractivity contribution in [3.05, 3.63) is 64.7 Å². The van der Waals surface area contributed by atoms with Gasteiger partial charge in [0.15, 0.2) is 5.78 Å². The summed E-state index contributed by atoms with van der Waals surface area (Å²) in [6.45, 7) is 4.69. The van der Waals surface area contributed by atoms with Crippen LogP contribution in [0, 0.1) is 5.82 Å². The first kappa shape index (κ1) is 32.9. The summed E-state index contributed by atoms with van der Waals surface area (Å²) in [7, 11) is 1.94. The number of carbonyl (C=O) groups is 3. The number of ketones is 1. The minimum atomic E-state index is -0.257. The highest BCUT2D eigenvalue weighted by Gasteiger charge is 2.11. The summed E-state index contributed by atoms with van der Waals surface area (Å²) in [4.78, 5) is 34.5. The van der Waals surface area contributed by atoms with Crippen LogP contribution >= 0.6 is 11.6 Å². The number of carbonyl (C=O) groups excluding carboxylic acids is 3. The van der Waals surface area contributed by atoms with Crippen molar-refractivity contribution in [1.82, 2.24) is 14.9 Å². The van der Waals surface area contributed by atoms with Crippen LogP contribution in [0.15, 0.2) is 42.7 Å². The lowest BCUT2D eigenvalue weighted by Gasteiger charge is -2.04. The van der Waals surface area contributed by atoms with Crippen LogP contribution in [0.1, 0.15) is 49.0 Å². The van der Waals surface area contributed by atoms with Crippen molar-refractivity contribution >= 4 is 41.1 Å². The molecular formula is C26H36ClFN4O4. The zero-order valence-electron chi connectivity index (χ0n) is 21.0. The smallest absolute Gasteiger partial charge is 0.204 e. The van der Waals surface area contributed by atoms with Gasteiger partial charge >= 0.3 is 0 Å². The van der Waals surface area contributed by atoms with E-state index in [0.29, 0.717) is 11.2 Å². The second-order valence-corrected chi connectivity index (χ2v) is 7.78. The molecule has 0 fully saturated rings. The van der Waals surface area contributed by atoms with Crippen LogP contribution in [-0.4, -0.2) is 53.3 Å². The van der Waals surface area contributed by atoms with Gasteiger partial charge in [-0.25, -0.2) is 9.37 Å². The Morgan fingerprint density at radius 1 is 1.22 bits per heavy atom. The maximum absolute atomic E-state index is 13.4. The number of aromatic nitrogens is 2. The minimum Gasteiger partial charge on any atom is -0.397 e. The maximum atomic E-state index is 13.4. The van der Waals surface area contributed by atoms with Crippen molar-refractivity contribution in [2.75, 3.05) is 20.2 Å². The molecule has 1 amide bonds. The van der Waals surface area contributed by atoms with Crippen LogP contribution < -0.4 is 11.1 Å². The van der Waals surface area contributed by atoms with Crippen LogP contribution in [0.2, 0.25) is 5.02 Å². The van der Waals surface area contributed by atoms with E-state index in [1.54, 1.807) is 48.1 Å². The number of nitrogens with zero attached hydrogens (tertiary/aromatic N) is 2. The highest BCUT2D eigenvalue weighted by molar-refractivity contribution is 6.30. The Kier molecular flexibility index (Phi) is 18.3. The van der Waals surface area contributed by atoms with Gasteiger partial charge in [0.05, 0.1) is 11.6 Å². The van der Waals surface area contributed by atoms with E-state index < -0.39 is 0 Å². The Bertz CT molecular complexity index is 1060. The third-order valence-electron chi connectivity index (χ3n) is 4.69. The molecule has 0 radical (unpaired) electrons.